The molecule has 0 aliphatic heterocycles. The summed E-state index contributed by atoms with van der Waals surface area (Å²) in [5.41, 5.74) is 3.72. The van der Waals surface area contributed by atoms with E-state index in [1.807, 2.05) is 62.4 Å². The van der Waals surface area contributed by atoms with Crippen molar-refractivity contribution in [3.8, 4) is 21.8 Å². The third kappa shape index (κ3) is 5.94. The molecule has 0 atom stereocenters. The number of thiophene rings is 1. The molecule has 1 aliphatic rings. The third-order valence-electron chi connectivity index (χ3n) is 7.02. The molecular weight excluding hydrogens is 511 g/mol. The van der Waals surface area contributed by atoms with Crippen molar-refractivity contribution in [3.05, 3.63) is 59.6 Å². The molecule has 8 heteroatoms. The van der Waals surface area contributed by atoms with Crippen LogP contribution in [0.4, 0.5) is 5.69 Å². The van der Waals surface area contributed by atoms with E-state index < -0.39 is 5.97 Å². The molecule has 1 aromatic carbocycles. The third-order valence-corrected chi connectivity index (χ3v) is 8.17. The first-order chi connectivity index (χ1) is 17.3. The standard InChI is InChI=1S/C29H30N2O4S.K/c1-17(2)31(28(32)21-8-6-18(3)7-9-21)23-16-26(36-27(23)29(33)34)20-12-10-19(11-13-20)25-15-22-24(35-25)5-4-14-30-22;/h4-5,10-18,21H,6-9H2,1-3H3,(H,33,34);/q;+1/p-1/t18-,21-;. The monoisotopic (exact) mass is 540 g/mol. The van der Waals surface area contributed by atoms with Gasteiger partial charge in [0, 0.05) is 34.7 Å². The molecule has 186 valence electrons. The second-order valence-corrected chi connectivity index (χ2v) is 11.0. The Labute approximate surface area is 263 Å². The molecule has 0 bridgehead atoms. The zero-order valence-corrected chi connectivity index (χ0v) is 25.6. The predicted molar refractivity (Wildman–Crippen MR) is 141 cm³/mol. The Kier molecular flexibility index (Phi) is 9.09. The minimum Gasteiger partial charge on any atom is -0.544 e. The van der Waals surface area contributed by atoms with Crippen LogP contribution in [0.1, 0.15) is 56.1 Å². The van der Waals surface area contributed by atoms with E-state index in [-0.39, 0.29) is 74.1 Å². The van der Waals surface area contributed by atoms with Crippen molar-refractivity contribution in [2.45, 2.75) is 52.5 Å². The number of aromatic nitrogens is 1. The number of hydrogen-bond acceptors (Lipinski definition) is 6. The van der Waals surface area contributed by atoms with Gasteiger partial charge < -0.3 is 19.2 Å². The number of furan rings is 1. The van der Waals surface area contributed by atoms with Gasteiger partial charge in [0.1, 0.15) is 11.3 Å². The van der Waals surface area contributed by atoms with Gasteiger partial charge in [-0.2, -0.15) is 0 Å². The van der Waals surface area contributed by atoms with Crippen LogP contribution >= 0.6 is 11.3 Å². The van der Waals surface area contributed by atoms with Gasteiger partial charge in [-0.25, -0.2) is 0 Å². The molecule has 0 radical (unpaired) electrons. The van der Waals surface area contributed by atoms with Crippen LogP contribution in [0.5, 0.6) is 0 Å². The summed E-state index contributed by atoms with van der Waals surface area (Å²) in [5, 5.41) is 12.1. The number of carboxylic acids is 1. The summed E-state index contributed by atoms with van der Waals surface area (Å²) in [5.74, 6) is 0.0305. The van der Waals surface area contributed by atoms with Crippen molar-refractivity contribution < 1.29 is 70.5 Å². The largest absolute Gasteiger partial charge is 1.00 e. The van der Waals surface area contributed by atoms with Gasteiger partial charge in [0.2, 0.25) is 5.91 Å². The van der Waals surface area contributed by atoms with Crippen LogP contribution < -0.4 is 61.4 Å². The molecule has 1 aliphatic carbocycles. The molecule has 4 aromatic rings. The Morgan fingerprint density at radius 3 is 2.35 bits per heavy atom. The van der Waals surface area contributed by atoms with Crippen LogP contribution in [0.15, 0.2) is 59.1 Å². The number of carbonyl (C=O) groups excluding carboxylic acids is 2. The van der Waals surface area contributed by atoms with Gasteiger partial charge in [-0.3, -0.25) is 9.78 Å². The Bertz CT molecular complexity index is 1370. The van der Waals surface area contributed by atoms with Gasteiger partial charge in [0.05, 0.1) is 16.5 Å². The van der Waals surface area contributed by atoms with E-state index in [0.29, 0.717) is 11.6 Å². The number of carbonyl (C=O) groups is 2. The van der Waals surface area contributed by atoms with Crippen LogP contribution in [0.25, 0.3) is 32.9 Å². The van der Waals surface area contributed by atoms with Gasteiger partial charge in [0.25, 0.3) is 0 Å². The first-order valence-electron chi connectivity index (χ1n) is 12.5. The van der Waals surface area contributed by atoms with E-state index in [1.165, 1.54) is 0 Å². The average molecular weight is 541 g/mol. The maximum atomic E-state index is 13.5. The number of pyridine rings is 1. The molecule has 1 amide bonds. The first kappa shape index (κ1) is 28.2. The molecule has 0 spiro atoms. The fourth-order valence-electron chi connectivity index (χ4n) is 5.01. The van der Waals surface area contributed by atoms with Crippen LogP contribution in [0, 0.1) is 11.8 Å². The first-order valence-corrected chi connectivity index (χ1v) is 13.3. The maximum absolute atomic E-state index is 13.5. The zero-order valence-electron chi connectivity index (χ0n) is 21.7. The smallest absolute Gasteiger partial charge is 0.544 e. The van der Waals surface area contributed by atoms with Crippen molar-refractivity contribution in [2.24, 2.45) is 11.8 Å². The number of hydrogen-bond donors (Lipinski definition) is 0. The van der Waals surface area contributed by atoms with Gasteiger partial charge >= 0.3 is 51.4 Å². The van der Waals surface area contributed by atoms with Crippen molar-refractivity contribution in [3.63, 3.8) is 0 Å². The van der Waals surface area contributed by atoms with E-state index in [0.717, 1.165) is 69.9 Å². The molecule has 3 aromatic heterocycles. The number of rotatable bonds is 6. The Hall–Kier alpha value is -1.81. The van der Waals surface area contributed by atoms with Gasteiger partial charge in [-0.05, 0) is 69.2 Å². The molecule has 6 nitrogen and oxygen atoms in total. The van der Waals surface area contributed by atoms with Crippen LogP contribution in [-0.4, -0.2) is 22.9 Å². The van der Waals surface area contributed by atoms with E-state index in [1.54, 1.807) is 11.1 Å². The van der Waals surface area contributed by atoms with E-state index >= 15 is 0 Å². The quantitative estimate of drug-likeness (QED) is 0.351. The second-order valence-electron chi connectivity index (χ2n) is 9.95. The molecule has 0 saturated heterocycles. The van der Waals surface area contributed by atoms with Crippen molar-refractivity contribution in [2.75, 3.05) is 4.90 Å². The Morgan fingerprint density at radius 2 is 1.73 bits per heavy atom. The van der Waals surface area contributed by atoms with Gasteiger partial charge in [-0.1, -0.05) is 31.2 Å². The van der Waals surface area contributed by atoms with Crippen LogP contribution in [0.2, 0.25) is 0 Å². The SMILES string of the molecule is CC(C)N(c1cc(-c2ccc(-c3cc4ncccc4o3)cc2)sc1C(=O)[O-])C(=O)[C@H]1CC[C@H](C)CC1.[K+]. The van der Waals surface area contributed by atoms with Gasteiger partial charge in [0.15, 0.2) is 5.58 Å². The predicted octanol–water partition coefficient (Wildman–Crippen LogP) is 3.16. The average Bonchev–Trinajstić information content (AvgIpc) is 3.49. The molecule has 0 N–H and O–H groups in total. The maximum Gasteiger partial charge on any atom is 1.00 e. The Morgan fingerprint density at radius 1 is 1.05 bits per heavy atom. The summed E-state index contributed by atoms with van der Waals surface area (Å²) >= 11 is 1.15. The normalized spacial score (nSPS) is 17.5. The fraction of sp³-hybridized carbons (Fsp3) is 0.345. The molecular formula is C29H29KN2O4S. The molecule has 5 rings (SSSR count). The number of anilines is 1. The fourth-order valence-corrected chi connectivity index (χ4v) is 6.00. The van der Waals surface area contributed by atoms with Crippen molar-refractivity contribution >= 4 is 40.0 Å². The summed E-state index contributed by atoms with van der Waals surface area (Å²) < 4.78 is 5.91. The molecule has 3 heterocycles. The van der Waals surface area contributed by atoms with E-state index in [2.05, 4.69) is 11.9 Å². The zero-order chi connectivity index (χ0) is 25.4. The van der Waals surface area contributed by atoms with Gasteiger partial charge in [-0.15, -0.1) is 11.3 Å². The summed E-state index contributed by atoms with van der Waals surface area (Å²) in [7, 11) is 0. The van der Waals surface area contributed by atoms with Crippen molar-refractivity contribution in [1.29, 1.82) is 0 Å². The molecule has 37 heavy (non-hydrogen) atoms. The summed E-state index contributed by atoms with van der Waals surface area (Å²) in [6, 6.07) is 15.0. The molecule has 1 saturated carbocycles. The van der Waals surface area contributed by atoms with E-state index in [9.17, 15) is 14.7 Å². The number of nitrogens with zero attached hydrogens (tertiary/aromatic N) is 2. The van der Waals surface area contributed by atoms with Crippen LogP contribution in [-0.2, 0) is 4.79 Å². The number of amides is 1. The molecule has 1 fully saturated rings. The summed E-state index contributed by atoms with van der Waals surface area (Å²) in [6.45, 7) is 6.07. The Balaban J connectivity index is 0.00000320. The number of carboxylic acid groups (broad SMARTS) is 1. The summed E-state index contributed by atoms with van der Waals surface area (Å²) in [6.07, 6.45) is 5.48. The second kappa shape index (κ2) is 11.9. The molecule has 0 unspecified atom stereocenters. The minimum absolute atomic E-state index is 0. The summed E-state index contributed by atoms with van der Waals surface area (Å²) in [4.78, 5) is 32.5. The topological polar surface area (TPSA) is 86.5 Å². The van der Waals surface area contributed by atoms with Crippen LogP contribution in [0.3, 0.4) is 0 Å². The van der Waals surface area contributed by atoms with E-state index in [4.69, 9.17) is 4.42 Å². The number of fused-ring (bicyclic) bond motifs is 1. The van der Waals surface area contributed by atoms with Crippen molar-refractivity contribution in [1.82, 2.24) is 4.98 Å². The number of aromatic carboxylic acids is 1. The minimum atomic E-state index is -1.26. The number of benzene rings is 1.